The SMILES string of the molecule is CCCN(CCC)C(=O)c1ccc2c(c1)C1C=CCC1C(c1ccc(SC)cc1)N2. The maximum Gasteiger partial charge on any atom is 0.253 e. The number of nitrogens with one attached hydrogen (secondary N) is 1. The molecule has 158 valence electrons. The Morgan fingerprint density at radius 3 is 2.50 bits per heavy atom. The van der Waals surface area contributed by atoms with Crippen molar-refractivity contribution < 1.29 is 4.79 Å². The Balaban J connectivity index is 1.64. The largest absolute Gasteiger partial charge is 0.378 e. The number of allylic oxidation sites excluding steroid dienone is 2. The number of anilines is 1. The molecule has 0 saturated carbocycles. The third kappa shape index (κ3) is 4.02. The highest BCUT2D eigenvalue weighted by Crippen LogP contribution is 2.50. The van der Waals surface area contributed by atoms with Crippen molar-refractivity contribution in [1.82, 2.24) is 4.90 Å². The minimum absolute atomic E-state index is 0.162. The second kappa shape index (κ2) is 9.30. The van der Waals surface area contributed by atoms with Crippen molar-refractivity contribution >= 4 is 23.4 Å². The summed E-state index contributed by atoms with van der Waals surface area (Å²) in [7, 11) is 0. The lowest BCUT2D eigenvalue weighted by Crippen LogP contribution is -2.33. The van der Waals surface area contributed by atoms with Crippen molar-refractivity contribution in [2.75, 3.05) is 24.7 Å². The van der Waals surface area contributed by atoms with E-state index in [0.717, 1.165) is 43.6 Å². The third-order valence-corrected chi connectivity index (χ3v) is 7.10. The first-order valence-corrected chi connectivity index (χ1v) is 12.4. The summed E-state index contributed by atoms with van der Waals surface area (Å²) in [5.41, 5.74) is 4.59. The number of carbonyl (C=O) groups is 1. The molecule has 2 aromatic rings. The van der Waals surface area contributed by atoms with E-state index in [4.69, 9.17) is 0 Å². The molecular weight excluding hydrogens is 388 g/mol. The van der Waals surface area contributed by atoms with Crippen LogP contribution in [-0.2, 0) is 0 Å². The van der Waals surface area contributed by atoms with E-state index in [1.54, 1.807) is 11.8 Å². The molecule has 0 radical (unpaired) electrons. The molecule has 4 rings (SSSR count). The minimum Gasteiger partial charge on any atom is -0.378 e. The molecule has 2 aromatic carbocycles. The Bertz CT molecular complexity index is 915. The monoisotopic (exact) mass is 420 g/mol. The highest BCUT2D eigenvalue weighted by Gasteiger charge is 2.38. The van der Waals surface area contributed by atoms with Gasteiger partial charge in [-0.25, -0.2) is 0 Å². The van der Waals surface area contributed by atoms with Crippen molar-refractivity contribution in [3.8, 4) is 0 Å². The number of thioether (sulfide) groups is 1. The maximum absolute atomic E-state index is 13.1. The van der Waals surface area contributed by atoms with Crippen molar-refractivity contribution in [1.29, 1.82) is 0 Å². The van der Waals surface area contributed by atoms with Crippen molar-refractivity contribution in [3.05, 3.63) is 71.3 Å². The van der Waals surface area contributed by atoms with E-state index in [0.29, 0.717) is 17.9 Å². The quantitative estimate of drug-likeness (QED) is 0.410. The summed E-state index contributed by atoms with van der Waals surface area (Å²) < 4.78 is 0. The second-order valence-electron chi connectivity index (χ2n) is 8.34. The van der Waals surface area contributed by atoms with Crippen LogP contribution in [0.25, 0.3) is 0 Å². The molecule has 3 atom stereocenters. The van der Waals surface area contributed by atoms with Crippen LogP contribution in [0, 0.1) is 5.92 Å². The smallest absolute Gasteiger partial charge is 0.253 e. The molecule has 0 fully saturated rings. The van der Waals surface area contributed by atoms with E-state index in [9.17, 15) is 4.79 Å². The van der Waals surface area contributed by atoms with Gasteiger partial charge in [0.15, 0.2) is 0 Å². The Morgan fingerprint density at radius 1 is 1.10 bits per heavy atom. The van der Waals surface area contributed by atoms with Crippen molar-refractivity contribution in [2.45, 2.75) is 50.0 Å². The zero-order valence-electron chi connectivity index (χ0n) is 18.2. The number of amides is 1. The van der Waals surface area contributed by atoms with Crippen molar-refractivity contribution in [3.63, 3.8) is 0 Å². The van der Waals surface area contributed by atoms with E-state index in [-0.39, 0.29) is 5.91 Å². The van der Waals surface area contributed by atoms with Crippen molar-refractivity contribution in [2.24, 2.45) is 5.92 Å². The molecule has 1 heterocycles. The number of hydrogen-bond acceptors (Lipinski definition) is 3. The highest BCUT2D eigenvalue weighted by atomic mass is 32.2. The zero-order valence-corrected chi connectivity index (χ0v) is 19.0. The predicted octanol–water partition coefficient (Wildman–Crippen LogP) is 6.50. The van der Waals surface area contributed by atoms with Gasteiger partial charge in [0.2, 0.25) is 0 Å². The van der Waals surface area contributed by atoms with Crippen LogP contribution in [0.15, 0.2) is 59.5 Å². The van der Waals surface area contributed by atoms with Crippen LogP contribution >= 0.6 is 11.8 Å². The van der Waals surface area contributed by atoms with Gasteiger partial charge in [-0.3, -0.25) is 4.79 Å². The van der Waals surface area contributed by atoms with E-state index in [2.05, 4.69) is 74.0 Å². The third-order valence-electron chi connectivity index (χ3n) is 6.36. The highest BCUT2D eigenvalue weighted by molar-refractivity contribution is 7.98. The fourth-order valence-electron chi connectivity index (χ4n) is 4.91. The number of carbonyl (C=O) groups excluding carboxylic acids is 1. The fourth-order valence-corrected chi connectivity index (χ4v) is 5.31. The van der Waals surface area contributed by atoms with Crippen LogP contribution in [0.2, 0.25) is 0 Å². The molecule has 1 aliphatic carbocycles. The van der Waals surface area contributed by atoms with Crippen LogP contribution in [0.4, 0.5) is 5.69 Å². The second-order valence-corrected chi connectivity index (χ2v) is 9.22. The van der Waals surface area contributed by atoms with Crippen LogP contribution in [-0.4, -0.2) is 30.2 Å². The molecule has 2 aliphatic rings. The van der Waals surface area contributed by atoms with Gasteiger partial charge in [-0.2, -0.15) is 0 Å². The maximum atomic E-state index is 13.1. The van der Waals surface area contributed by atoms with Crippen LogP contribution in [0.5, 0.6) is 0 Å². The Labute approximate surface area is 184 Å². The number of nitrogens with zero attached hydrogens (tertiary/aromatic N) is 1. The molecule has 0 spiro atoms. The summed E-state index contributed by atoms with van der Waals surface area (Å²) >= 11 is 1.78. The van der Waals surface area contributed by atoms with Crippen LogP contribution < -0.4 is 5.32 Å². The van der Waals surface area contributed by atoms with Gasteiger partial charge in [-0.1, -0.05) is 38.1 Å². The molecule has 30 heavy (non-hydrogen) atoms. The molecule has 4 heteroatoms. The topological polar surface area (TPSA) is 32.3 Å². The number of rotatable bonds is 7. The van der Waals surface area contributed by atoms with Gasteiger partial charge in [-0.15, -0.1) is 11.8 Å². The molecule has 0 bridgehead atoms. The number of benzene rings is 2. The van der Waals surface area contributed by atoms with Gasteiger partial charge < -0.3 is 10.2 Å². The lowest BCUT2D eigenvalue weighted by Gasteiger charge is -2.38. The van der Waals surface area contributed by atoms with Gasteiger partial charge in [0.25, 0.3) is 5.91 Å². The summed E-state index contributed by atoms with van der Waals surface area (Å²) in [6, 6.07) is 15.5. The van der Waals surface area contributed by atoms with Crippen LogP contribution in [0.1, 0.15) is 66.6 Å². The molecule has 0 saturated heterocycles. The molecule has 3 unspecified atom stereocenters. The fraction of sp³-hybridized carbons (Fsp3) is 0.423. The number of hydrogen-bond donors (Lipinski definition) is 1. The first-order valence-electron chi connectivity index (χ1n) is 11.2. The lowest BCUT2D eigenvalue weighted by atomic mass is 9.76. The lowest BCUT2D eigenvalue weighted by molar-refractivity contribution is 0.0755. The van der Waals surface area contributed by atoms with E-state index in [1.165, 1.54) is 16.0 Å². The Kier molecular flexibility index (Phi) is 6.52. The molecule has 1 amide bonds. The molecular formula is C26H32N2OS. The summed E-state index contributed by atoms with van der Waals surface area (Å²) in [4.78, 5) is 16.4. The molecule has 0 aromatic heterocycles. The molecule has 1 N–H and O–H groups in total. The number of fused-ring (bicyclic) bond motifs is 3. The average molecular weight is 421 g/mol. The average Bonchev–Trinajstić information content (AvgIpc) is 3.28. The van der Waals surface area contributed by atoms with Gasteiger partial charge in [0, 0.05) is 35.2 Å². The van der Waals surface area contributed by atoms with Gasteiger partial charge in [0.05, 0.1) is 6.04 Å². The van der Waals surface area contributed by atoms with Gasteiger partial charge >= 0.3 is 0 Å². The predicted molar refractivity (Wildman–Crippen MR) is 128 cm³/mol. The summed E-state index contributed by atoms with van der Waals surface area (Å²) in [6.45, 7) is 5.91. The van der Waals surface area contributed by atoms with Crippen LogP contribution in [0.3, 0.4) is 0 Å². The molecule has 3 nitrogen and oxygen atoms in total. The van der Waals surface area contributed by atoms with Gasteiger partial charge in [-0.05, 0) is 72.9 Å². The Morgan fingerprint density at radius 2 is 1.83 bits per heavy atom. The summed E-state index contributed by atoms with van der Waals surface area (Å²) in [6.07, 6.45) is 9.82. The standard InChI is InChI=1S/C26H32N2OS/c1-4-15-28(16-5-2)26(29)19-11-14-24-23(17-19)21-7-6-8-22(21)25(27-24)18-9-12-20(30-3)13-10-18/h6-7,9-14,17,21-22,25,27H,4-5,8,15-16H2,1-3H3. The zero-order chi connectivity index (χ0) is 21.1. The Hall–Kier alpha value is -2.20. The van der Waals surface area contributed by atoms with E-state index in [1.807, 2.05) is 11.0 Å². The van der Waals surface area contributed by atoms with E-state index < -0.39 is 0 Å². The van der Waals surface area contributed by atoms with E-state index >= 15 is 0 Å². The first-order chi connectivity index (χ1) is 14.7. The molecule has 1 aliphatic heterocycles. The summed E-state index contributed by atoms with van der Waals surface area (Å²) in [5.74, 6) is 1.02. The first kappa shape index (κ1) is 21.0. The summed E-state index contributed by atoms with van der Waals surface area (Å²) in [5, 5.41) is 3.80. The van der Waals surface area contributed by atoms with Gasteiger partial charge in [0.1, 0.15) is 0 Å². The minimum atomic E-state index is 0.162. The normalized spacial score (nSPS) is 21.6.